The first-order valence-corrected chi connectivity index (χ1v) is 7.48. The number of aromatic carboxylic acids is 1. The van der Waals surface area contributed by atoms with Crippen LogP contribution in [-0.4, -0.2) is 34.1 Å². The van der Waals surface area contributed by atoms with Crippen molar-refractivity contribution in [1.82, 2.24) is 9.38 Å². The van der Waals surface area contributed by atoms with E-state index in [4.69, 9.17) is 0 Å². The number of hydrogen-bond acceptors (Lipinski definition) is 4. The van der Waals surface area contributed by atoms with Gasteiger partial charge in [-0.3, -0.25) is 4.40 Å². The molecular formula is C15H15N3O2S. The number of hydrogen-bond donors (Lipinski definition) is 1. The molecule has 0 atom stereocenters. The van der Waals surface area contributed by atoms with Crippen molar-refractivity contribution in [1.29, 1.82) is 0 Å². The van der Waals surface area contributed by atoms with Crippen LogP contribution >= 0.6 is 11.3 Å². The molecule has 21 heavy (non-hydrogen) atoms. The lowest BCUT2D eigenvalue weighted by Gasteiger charge is -2.17. The molecule has 3 rings (SSSR count). The number of carboxylic acid groups (broad SMARTS) is 1. The highest BCUT2D eigenvalue weighted by Crippen LogP contribution is 2.24. The number of imidazole rings is 1. The molecule has 0 unspecified atom stereocenters. The average Bonchev–Trinajstić information content (AvgIpc) is 3.05. The molecule has 0 aliphatic carbocycles. The van der Waals surface area contributed by atoms with Crippen molar-refractivity contribution in [2.45, 2.75) is 6.42 Å². The number of benzene rings is 1. The van der Waals surface area contributed by atoms with E-state index in [0.29, 0.717) is 10.8 Å². The number of anilines is 1. The molecule has 2 heterocycles. The van der Waals surface area contributed by atoms with E-state index in [1.165, 1.54) is 16.9 Å². The van der Waals surface area contributed by atoms with Crippen LogP contribution in [-0.2, 0) is 6.42 Å². The monoisotopic (exact) mass is 301 g/mol. The van der Waals surface area contributed by atoms with E-state index in [2.05, 4.69) is 17.1 Å². The molecule has 1 aromatic carbocycles. The third kappa shape index (κ3) is 2.62. The van der Waals surface area contributed by atoms with E-state index >= 15 is 0 Å². The Morgan fingerprint density at radius 2 is 2.14 bits per heavy atom. The van der Waals surface area contributed by atoms with Gasteiger partial charge in [0.05, 0.1) is 0 Å². The molecule has 0 saturated carbocycles. The standard InChI is InChI=1S/C15H15N3O2S/c1-17(8-7-11-5-3-2-4-6-11)13-12(14(19)20)18-9-10-21-15(18)16-13/h2-6,9-10H,7-8H2,1H3,(H,19,20). The van der Waals surface area contributed by atoms with Gasteiger partial charge >= 0.3 is 5.97 Å². The number of rotatable bonds is 5. The molecule has 0 aliphatic heterocycles. The molecular weight excluding hydrogens is 286 g/mol. The van der Waals surface area contributed by atoms with Gasteiger partial charge in [-0.2, -0.15) is 0 Å². The Balaban J connectivity index is 1.84. The maximum atomic E-state index is 11.5. The number of thiazole rings is 1. The minimum absolute atomic E-state index is 0.224. The Bertz CT molecular complexity index is 764. The third-order valence-corrected chi connectivity index (χ3v) is 4.14. The van der Waals surface area contributed by atoms with E-state index in [1.54, 1.807) is 10.6 Å². The lowest BCUT2D eigenvalue weighted by atomic mass is 10.1. The summed E-state index contributed by atoms with van der Waals surface area (Å²) in [6.45, 7) is 0.717. The summed E-state index contributed by atoms with van der Waals surface area (Å²) in [4.78, 5) is 18.5. The smallest absolute Gasteiger partial charge is 0.356 e. The van der Waals surface area contributed by atoms with Gasteiger partial charge in [-0.15, -0.1) is 11.3 Å². The number of carboxylic acids is 1. The van der Waals surface area contributed by atoms with Gasteiger partial charge in [0.25, 0.3) is 0 Å². The zero-order valence-electron chi connectivity index (χ0n) is 11.6. The van der Waals surface area contributed by atoms with E-state index in [9.17, 15) is 9.90 Å². The summed E-state index contributed by atoms with van der Waals surface area (Å²) >= 11 is 1.43. The van der Waals surface area contributed by atoms with E-state index in [0.717, 1.165) is 13.0 Å². The Morgan fingerprint density at radius 1 is 1.38 bits per heavy atom. The van der Waals surface area contributed by atoms with Crippen LogP contribution in [0.25, 0.3) is 4.96 Å². The number of fused-ring (bicyclic) bond motifs is 1. The molecule has 0 radical (unpaired) electrons. The SMILES string of the molecule is CN(CCc1ccccc1)c1nc2sccn2c1C(=O)O. The van der Waals surface area contributed by atoms with Crippen molar-refractivity contribution in [3.63, 3.8) is 0 Å². The molecule has 0 bridgehead atoms. The molecule has 0 spiro atoms. The predicted octanol–water partition coefficient (Wildman–Crippen LogP) is 2.77. The van der Waals surface area contributed by atoms with Gasteiger partial charge in [-0.1, -0.05) is 30.3 Å². The Morgan fingerprint density at radius 3 is 2.86 bits per heavy atom. The Labute approximate surface area is 126 Å². The highest BCUT2D eigenvalue weighted by Gasteiger charge is 2.21. The number of nitrogens with zero attached hydrogens (tertiary/aromatic N) is 3. The number of likely N-dealkylation sites (N-methyl/N-ethyl adjacent to an activating group) is 1. The molecule has 0 fully saturated rings. The quantitative estimate of drug-likeness (QED) is 0.787. The second-order valence-corrected chi connectivity index (χ2v) is 5.67. The molecule has 6 heteroatoms. The first-order chi connectivity index (χ1) is 10.2. The molecule has 2 aromatic heterocycles. The van der Waals surface area contributed by atoms with Crippen LogP contribution in [0.4, 0.5) is 5.82 Å². The summed E-state index contributed by atoms with van der Waals surface area (Å²) in [6.07, 6.45) is 2.59. The lowest BCUT2D eigenvalue weighted by Crippen LogP contribution is -2.23. The molecule has 0 saturated heterocycles. The molecule has 0 aliphatic rings. The zero-order chi connectivity index (χ0) is 14.8. The van der Waals surface area contributed by atoms with Gasteiger partial charge in [-0.05, 0) is 12.0 Å². The molecule has 5 nitrogen and oxygen atoms in total. The number of aromatic nitrogens is 2. The average molecular weight is 301 g/mol. The van der Waals surface area contributed by atoms with E-state index < -0.39 is 5.97 Å². The highest BCUT2D eigenvalue weighted by atomic mass is 32.1. The van der Waals surface area contributed by atoms with Gasteiger partial charge in [0.15, 0.2) is 16.5 Å². The van der Waals surface area contributed by atoms with Crippen molar-refractivity contribution < 1.29 is 9.90 Å². The second-order valence-electron chi connectivity index (χ2n) is 4.80. The topological polar surface area (TPSA) is 57.8 Å². The zero-order valence-corrected chi connectivity index (χ0v) is 12.4. The number of carbonyl (C=O) groups is 1. The summed E-state index contributed by atoms with van der Waals surface area (Å²) in [6, 6.07) is 10.1. The van der Waals surface area contributed by atoms with Crippen LogP contribution in [0.3, 0.4) is 0 Å². The maximum Gasteiger partial charge on any atom is 0.356 e. The molecule has 0 amide bonds. The molecule has 1 N–H and O–H groups in total. The molecule has 3 aromatic rings. The summed E-state index contributed by atoms with van der Waals surface area (Å²) in [5.74, 6) is -0.437. The highest BCUT2D eigenvalue weighted by molar-refractivity contribution is 7.15. The van der Waals surface area contributed by atoms with Crippen LogP contribution in [0.5, 0.6) is 0 Å². The van der Waals surface area contributed by atoms with Crippen LogP contribution in [0.1, 0.15) is 16.1 Å². The van der Waals surface area contributed by atoms with Gasteiger partial charge < -0.3 is 10.0 Å². The van der Waals surface area contributed by atoms with E-state index in [1.807, 2.05) is 35.5 Å². The summed E-state index contributed by atoms with van der Waals surface area (Å²) < 4.78 is 1.63. The minimum atomic E-state index is -0.956. The fourth-order valence-electron chi connectivity index (χ4n) is 2.29. The van der Waals surface area contributed by atoms with Gasteiger partial charge in [0, 0.05) is 25.2 Å². The largest absolute Gasteiger partial charge is 0.476 e. The maximum absolute atomic E-state index is 11.5. The lowest BCUT2D eigenvalue weighted by molar-refractivity contribution is 0.0690. The van der Waals surface area contributed by atoms with Crippen molar-refractivity contribution in [3.05, 3.63) is 53.2 Å². The third-order valence-electron chi connectivity index (χ3n) is 3.39. The Hall–Kier alpha value is -2.34. The predicted molar refractivity (Wildman–Crippen MR) is 83.4 cm³/mol. The first kappa shape index (κ1) is 13.6. The fraction of sp³-hybridized carbons (Fsp3) is 0.200. The fourth-order valence-corrected chi connectivity index (χ4v) is 3.00. The van der Waals surface area contributed by atoms with Gasteiger partial charge in [0.2, 0.25) is 0 Å². The molecule has 108 valence electrons. The van der Waals surface area contributed by atoms with Crippen LogP contribution in [0.2, 0.25) is 0 Å². The van der Waals surface area contributed by atoms with Gasteiger partial charge in [0.1, 0.15) is 0 Å². The van der Waals surface area contributed by atoms with Crippen molar-refractivity contribution in [2.75, 3.05) is 18.5 Å². The van der Waals surface area contributed by atoms with Crippen molar-refractivity contribution >= 4 is 28.1 Å². The van der Waals surface area contributed by atoms with Crippen molar-refractivity contribution in [2.24, 2.45) is 0 Å². The van der Waals surface area contributed by atoms with E-state index in [-0.39, 0.29) is 5.69 Å². The minimum Gasteiger partial charge on any atom is -0.476 e. The summed E-state index contributed by atoms with van der Waals surface area (Å²) in [5.41, 5.74) is 1.45. The van der Waals surface area contributed by atoms with Crippen molar-refractivity contribution in [3.8, 4) is 0 Å². The van der Waals surface area contributed by atoms with Gasteiger partial charge in [-0.25, -0.2) is 9.78 Å². The second kappa shape index (κ2) is 5.57. The normalized spacial score (nSPS) is 10.9. The van der Waals surface area contributed by atoms with Crippen LogP contribution < -0.4 is 4.90 Å². The summed E-state index contributed by atoms with van der Waals surface area (Å²) in [5, 5.41) is 11.3. The first-order valence-electron chi connectivity index (χ1n) is 6.60. The summed E-state index contributed by atoms with van der Waals surface area (Å²) in [7, 11) is 1.88. The van der Waals surface area contributed by atoms with Crippen LogP contribution in [0.15, 0.2) is 41.9 Å². The van der Waals surface area contributed by atoms with Crippen LogP contribution in [0, 0.1) is 0 Å². The Kier molecular flexibility index (Phi) is 3.62.